The summed E-state index contributed by atoms with van der Waals surface area (Å²) >= 11 is 0. The molecule has 0 radical (unpaired) electrons. The monoisotopic (exact) mass is 257 g/mol. The van der Waals surface area contributed by atoms with Gasteiger partial charge in [0.1, 0.15) is 5.75 Å². The van der Waals surface area contributed by atoms with Crippen molar-refractivity contribution in [1.82, 2.24) is 4.98 Å². The summed E-state index contributed by atoms with van der Waals surface area (Å²) in [6.07, 6.45) is 1.48. The van der Waals surface area contributed by atoms with E-state index in [0.29, 0.717) is 5.75 Å². The van der Waals surface area contributed by atoms with E-state index in [0.717, 1.165) is 11.8 Å². The van der Waals surface area contributed by atoms with Gasteiger partial charge in [-0.2, -0.15) is 5.26 Å². The molecular formula is C14H12FN3O. The highest BCUT2D eigenvalue weighted by Gasteiger charge is 2.07. The van der Waals surface area contributed by atoms with Gasteiger partial charge in [0.05, 0.1) is 23.5 Å². The Bertz CT molecular complexity index is 618. The number of halogens is 1. The van der Waals surface area contributed by atoms with Gasteiger partial charge in [-0.1, -0.05) is 0 Å². The first-order chi connectivity index (χ1) is 9.10. The van der Waals surface area contributed by atoms with Gasteiger partial charge in [-0.15, -0.1) is 0 Å². The number of pyridine rings is 1. The van der Waals surface area contributed by atoms with Crippen LogP contribution in [-0.2, 0) is 0 Å². The van der Waals surface area contributed by atoms with Crippen LogP contribution >= 0.6 is 0 Å². The zero-order valence-corrected chi connectivity index (χ0v) is 10.3. The molecule has 96 valence electrons. The van der Waals surface area contributed by atoms with Crippen LogP contribution in [0.3, 0.4) is 0 Å². The maximum absolute atomic E-state index is 13.6. The SMILES string of the molecule is C[C@H](N)c1ccc(Oc2ccc(C#N)cc2F)cn1. The van der Waals surface area contributed by atoms with Crippen molar-refractivity contribution in [3.05, 3.63) is 53.6 Å². The van der Waals surface area contributed by atoms with Crippen LogP contribution in [0.25, 0.3) is 0 Å². The normalized spacial score (nSPS) is 11.7. The number of aromatic nitrogens is 1. The molecule has 2 rings (SSSR count). The first-order valence-electron chi connectivity index (χ1n) is 5.69. The minimum Gasteiger partial charge on any atom is -0.453 e. The molecule has 0 aliphatic rings. The average molecular weight is 257 g/mol. The Morgan fingerprint density at radius 2 is 2.16 bits per heavy atom. The largest absolute Gasteiger partial charge is 0.453 e. The molecule has 5 heteroatoms. The van der Waals surface area contributed by atoms with Crippen molar-refractivity contribution in [2.45, 2.75) is 13.0 Å². The van der Waals surface area contributed by atoms with Crippen LogP contribution in [0.4, 0.5) is 4.39 Å². The summed E-state index contributed by atoms with van der Waals surface area (Å²) in [6.45, 7) is 1.82. The Balaban J connectivity index is 2.19. The molecule has 1 aromatic heterocycles. The van der Waals surface area contributed by atoms with Crippen LogP contribution in [0.5, 0.6) is 11.5 Å². The Labute approximate surface area is 110 Å². The molecule has 0 unspecified atom stereocenters. The first kappa shape index (κ1) is 13.0. The van der Waals surface area contributed by atoms with Crippen molar-refractivity contribution in [1.29, 1.82) is 5.26 Å². The zero-order chi connectivity index (χ0) is 13.8. The number of hydrogen-bond donors (Lipinski definition) is 1. The van der Waals surface area contributed by atoms with Gasteiger partial charge in [0.2, 0.25) is 0 Å². The number of ether oxygens (including phenoxy) is 1. The molecule has 1 heterocycles. The molecule has 2 aromatic rings. The number of nitrogens with zero attached hydrogens (tertiary/aromatic N) is 2. The van der Waals surface area contributed by atoms with Crippen LogP contribution < -0.4 is 10.5 Å². The Morgan fingerprint density at radius 3 is 2.68 bits per heavy atom. The molecule has 2 N–H and O–H groups in total. The average Bonchev–Trinajstić information content (AvgIpc) is 2.41. The van der Waals surface area contributed by atoms with Gasteiger partial charge in [0, 0.05) is 6.04 Å². The van der Waals surface area contributed by atoms with E-state index in [9.17, 15) is 4.39 Å². The summed E-state index contributed by atoms with van der Waals surface area (Å²) in [6, 6.07) is 9.11. The van der Waals surface area contributed by atoms with Crippen molar-refractivity contribution < 1.29 is 9.13 Å². The second kappa shape index (κ2) is 5.46. The quantitative estimate of drug-likeness (QED) is 0.917. The van der Waals surface area contributed by atoms with E-state index >= 15 is 0 Å². The third kappa shape index (κ3) is 3.06. The van der Waals surface area contributed by atoms with Gasteiger partial charge in [0.25, 0.3) is 0 Å². The minimum absolute atomic E-state index is 0.0503. The molecule has 0 aliphatic carbocycles. The summed E-state index contributed by atoms with van der Waals surface area (Å²) in [4.78, 5) is 4.11. The number of benzene rings is 1. The van der Waals surface area contributed by atoms with E-state index in [1.807, 2.05) is 13.0 Å². The van der Waals surface area contributed by atoms with E-state index in [-0.39, 0.29) is 17.4 Å². The summed E-state index contributed by atoms with van der Waals surface area (Å²) in [7, 11) is 0. The highest BCUT2D eigenvalue weighted by molar-refractivity contribution is 5.38. The molecule has 4 nitrogen and oxygen atoms in total. The lowest BCUT2D eigenvalue weighted by Gasteiger charge is -2.08. The fourth-order valence-corrected chi connectivity index (χ4v) is 1.50. The van der Waals surface area contributed by atoms with Crippen molar-refractivity contribution >= 4 is 0 Å². The van der Waals surface area contributed by atoms with Crippen LogP contribution in [-0.4, -0.2) is 4.98 Å². The van der Waals surface area contributed by atoms with E-state index in [1.165, 1.54) is 18.3 Å². The summed E-state index contributed by atoms with van der Waals surface area (Å²) in [5.74, 6) is -0.127. The van der Waals surface area contributed by atoms with E-state index in [2.05, 4.69) is 4.98 Å². The molecule has 0 amide bonds. The Morgan fingerprint density at radius 1 is 1.37 bits per heavy atom. The maximum Gasteiger partial charge on any atom is 0.167 e. The highest BCUT2D eigenvalue weighted by atomic mass is 19.1. The lowest BCUT2D eigenvalue weighted by Crippen LogP contribution is -2.06. The van der Waals surface area contributed by atoms with Crippen molar-refractivity contribution in [3.63, 3.8) is 0 Å². The fourth-order valence-electron chi connectivity index (χ4n) is 1.50. The van der Waals surface area contributed by atoms with Crippen molar-refractivity contribution in [2.75, 3.05) is 0 Å². The van der Waals surface area contributed by atoms with Gasteiger partial charge in [-0.3, -0.25) is 4.98 Å². The maximum atomic E-state index is 13.6. The number of rotatable bonds is 3. The molecule has 0 bridgehead atoms. The molecule has 0 fully saturated rings. The highest BCUT2D eigenvalue weighted by Crippen LogP contribution is 2.25. The van der Waals surface area contributed by atoms with E-state index in [1.54, 1.807) is 12.1 Å². The fraction of sp³-hybridized carbons (Fsp3) is 0.143. The molecule has 0 spiro atoms. The van der Waals surface area contributed by atoms with Gasteiger partial charge < -0.3 is 10.5 Å². The van der Waals surface area contributed by atoms with Crippen LogP contribution in [0.2, 0.25) is 0 Å². The van der Waals surface area contributed by atoms with Gasteiger partial charge >= 0.3 is 0 Å². The lowest BCUT2D eigenvalue weighted by atomic mass is 10.2. The molecule has 1 atom stereocenters. The third-order valence-electron chi connectivity index (χ3n) is 2.51. The Hall–Kier alpha value is -2.45. The number of nitriles is 1. The van der Waals surface area contributed by atoms with Crippen LogP contribution in [0, 0.1) is 17.1 Å². The third-order valence-corrected chi connectivity index (χ3v) is 2.51. The molecule has 1 aromatic carbocycles. The number of nitrogens with two attached hydrogens (primary N) is 1. The van der Waals surface area contributed by atoms with Gasteiger partial charge in [-0.05, 0) is 37.3 Å². The second-order valence-electron chi connectivity index (χ2n) is 4.07. The number of hydrogen-bond acceptors (Lipinski definition) is 4. The predicted molar refractivity (Wildman–Crippen MR) is 68.0 cm³/mol. The molecular weight excluding hydrogens is 245 g/mol. The van der Waals surface area contributed by atoms with Crippen molar-refractivity contribution in [3.8, 4) is 17.6 Å². The molecule has 0 aliphatic heterocycles. The van der Waals surface area contributed by atoms with Gasteiger partial charge in [0.15, 0.2) is 11.6 Å². The van der Waals surface area contributed by atoms with Crippen LogP contribution in [0.1, 0.15) is 24.2 Å². The predicted octanol–water partition coefficient (Wildman–Crippen LogP) is 2.90. The second-order valence-corrected chi connectivity index (χ2v) is 4.07. The van der Waals surface area contributed by atoms with E-state index < -0.39 is 5.82 Å². The van der Waals surface area contributed by atoms with Crippen LogP contribution in [0.15, 0.2) is 36.5 Å². The summed E-state index contributed by atoms with van der Waals surface area (Å²) < 4.78 is 19.0. The summed E-state index contributed by atoms with van der Waals surface area (Å²) in [5.41, 5.74) is 6.65. The zero-order valence-electron chi connectivity index (χ0n) is 10.3. The summed E-state index contributed by atoms with van der Waals surface area (Å²) in [5, 5.41) is 8.65. The lowest BCUT2D eigenvalue weighted by molar-refractivity contribution is 0.440. The van der Waals surface area contributed by atoms with Gasteiger partial charge in [-0.25, -0.2) is 4.39 Å². The standard InChI is InChI=1S/C14H12FN3O/c1-9(17)13-4-3-11(8-18-13)19-14-5-2-10(7-16)6-12(14)15/h2-6,8-9H,17H2,1H3/t9-/m0/s1. The molecule has 19 heavy (non-hydrogen) atoms. The Kier molecular flexibility index (Phi) is 3.74. The topological polar surface area (TPSA) is 71.9 Å². The minimum atomic E-state index is -0.588. The van der Waals surface area contributed by atoms with E-state index in [4.69, 9.17) is 15.7 Å². The van der Waals surface area contributed by atoms with Crippen molar-refractivity contribution in [2.24, 2.45) is 5.73 Å². The molecule has 0 saturated carbocycles. The molecule has 0 saturated heterocycles. The smallest absolute Gasteiger partial charge is 0.167 e. The first-order valence-corrected chi connectivity index (χ1v) is 5.69.